The Balaban J connectivity index is 2.52. The lowest BCUT2D eigenvalue weighted by molar-refractivity contribution is 0.100. The number of ether oxygens (including phenoxy) is 1. The number of fused-ring (bicyclic) bond motifs is 1. The second-order valence-corrected chi connectivity index (χ2v) is 5.71. The van der Waals surface area contributed by atoms with Crippen LogP contribution in [0, 0.1) is 13.8 Å². The first kappa shape index (κ1) is 16.5. The number of carbonyl (C=O) groups excluding carboxylic acids is 1. The first-order valence-corrected chi connectivity index (χ1v) is 7.58. The minimum atomic E-state index is -0.659. The smallest absolute Gasteiger partial charge is 0.250 e. The topological polar surface area (TPSA) is 124 Å². The number of primary amides is 1. The fourth-order valence-corrected chi connectivity index (χ4v) is 2.85. The van der Waals surface area contributed by atoms with Crippen LogP contribution < -0.4 is 16.2 Å². The average Bonchev–Trinajstić information content (AvgIpc) is 2.57. The Bertz CT molecular complexity index is 1020. The van der Waals surface area contributed by atoms with E-state index in [9.17, 15) is 9.90 Å². The van der Waals surface area contributed by atoms with Crippen molar-refractivity contribution in [2.24, 2.45) is 5.73 Å². The van der Waals surface area contributed by atoms with Gasteiger partial charge in [-0.2, -0.15) is 0 Å². The Kier molecular flexibility index (Phi) is 3.92. The Morgan fingerprint density at radius 3 is 2.60 bits per heavy atom. The van der Waals surface area contributed by atoms with Crippen LogP contribution >= 0.6 is 0 Å². The van der Waals surface area contributed by atoms with Crippen molar-refractivity contribution < 1.29 is 14.6 Å². The van der Waals surface area contributed by atoms with E-state index in [4.69, 9.17) is 16.2 Å². The number of hydrogen-bond acceptors (Lipinski definition) is 6. The number of rotatable bonds is 3. The van der Waals surface area contributed by atoms with Gasteiger partial charge in [0.15, 0.2) is 0 Å². The molecule has 0 unspecified atom stereocenters. The molecule has 0 fully saturated rings. The van der Waals surface area contributed by atoms with E-state index < -0.39 is 5.91 Å². The van der Waals surface area contributed by atoms with E-state index in [1.807, 2.05) is 0 Å². The fourth-order valence-electron chi connectivity index (χ4n) is 2.85. The van der Waals surface area contributed by atoms with Crippen molar-refractivity contribution in [2.45, 2.75) is 13.8 Å². The summed E-state index contributed by atoms with van der Waals surface area (Å²) in [5.74, 6) is -0.187. The number of aryl methyl sites for hydroxylation is 1. The lowest BCUT2D eigenvalue weighted by Gasteiger charge is -2.16. The van der Waals surface area contributed by atoms with Gasteiger partial charge in [0.2, 0.25) is 5.88 Å². The molecule has 0 saturated heterocycles. The summed E-state index contributed by atoms with van der Waals surface area (Å²) in [6.07, 6.45) is 0. The second kappa shape index (κ2) is 5.94. The van der Waals surface area contributed by atoms with Crippen LogP contribution in [0.1, 0.15) is 21.6 Å². The highest BCUT2D eigenvalue weighted by molar-refractivity contribution is 6.10. The zero-order valence-corrected chi connectivity index (χ0v) is 14.1. The zero-order chi connectivity index (χ0) is 18.3. The van der Waals surface area contributed by atoms with Gasteiger partial charge in [0, 0.05) is 5.56 Å². The highest BCUT2D eigenvalue weighted by Crippen LogP contribution is 2.39. The molecule has 1 heterocycles. The molecule has 0 saturated carbocycles. The number of hydrogen-bond donors (Lipinski definition) is 3. The molecule has 1 aromatic heterocycles. The summed E-state index contributed by atoms with van der Waals surface area (Å²) in [6.45, 7) is 3.51. The second-order valence-electron chi connectivity index (χ2n) is 5.71. The van der Waals surface area contributed by atoms with Crippen molar-refractivity contribution >= 4 is 22.6 Å². The number of phenolic OH excluding ortho intramolecular Hbond substituents is 1. The summed E-state index contributed by atoms with van der Waals surface area (Å²) >= 11 is 0. The molecule has 5 N–H and O–H groups in total. The van der Waals surface area contributed by atoms with E-state index in [0.717, 1.165) is 0 Å². The SMILES string of the molecule is COc1nc2c(-c3cccc(O)c3C)c(N)c(C(N)=O)cc2nc1C. The third-order valence-corrected chi connectivity index (χ3v) is 4.16. The van der Waals surface area contributed by atoms with Gasteiger partial charge in [0.25, 0.3) is 5.91 Å². The maximum absolute atomic E-state index is 11.8. The van der Waals surface area contributed by atoms with E-state index in [1.165, 1.54) is 13.2 Å². The molecule has 2 aromatic carbocycles. The molecule has 128 valence electrons. The van der Waals surface area contributed by atoms with Crippen LogP contribution in [-0.2, 0) is 0 Å². The van der Waals surface area contributed by atoms with Crippen LogP contribution in [0.25, 0.3) is 22.2 Å². The van der Waals surface area contributed by atoms with Crippen LogP contribution in [0.15, 0.2) is 24.3 Å². The largest absolute Gasteiger partial charge is 0.508 e. The Hall–Kier alpha value is -3.35. The summed E-state index contributed by atoms with van der Waals surface area (Å²) in [6, 6.07) is 6.58. The van der Waals surface area contributed by atoms with Crippen molar-refractivity contribution in [1.29, 1.82) is 0 Å². The molecule has 0 radical (unpaired) electrons. The van der Waals surface area contributed by atoms with Gasteiger partial charge in [-0.1, -0.05) is 12.1 Å². The predicted molar refractivity (Wildman–Crippen MR) is 95.6 cm³/mol. The van der Waals surface area contributed by atoms with E-state index in [0.29, 0.717) is 39.3 Å². The highest BCUT2D eigenvalue weighted by atomic mass is 16.5. The quantitative estimate of drug-likeness (QED) is 0.629. The normalized spacial score (nSPS) is 10.8. The molecule has 7 nitrogen and oxygen atoms in total. The number of nitrogens with two attached hydrogens (primary N) is 2. The van der Waals surface area contributed by atoms with Crippen LogP contribution in [0.4, 0.5) is 5.69 Å². The van der Waals surface area contributed by atoms with Gasteiger partial charge >= 0.3 is 0 Å². The lowest BCUT2D eigenvalue weighted by Crippen LogP contribution is -2.15. The summed E-state index contributed by atoms with van der Waals surface area (Å²) in [7, 11) is 1.50. The summed E-state index contributed by atoms with van der Waals surface area (Å²) in [5.41, 5.74) is 15.3. The number of amides is 1. The molecule has 1 amide bonds. The van der Waals surface area contributed by atoms with E-state index >= 15 is 0 Å². The molecule has 0 aliphatic rings. The van der Waals surface area contributed by atoms with Crippen LogP contribution in [0.5, 0.6) is 11.6 Å². The van der Waals surface area contributed by atoms with Crippen molar-refractivity contribution in [3.8, 4) is 22.8 Å². The van der Waals surface area contributed by atoms with Crippen molar-refractivity contribution in [2.75, 3.05) is 12.8 Å². The number of nitrogens with zero attached hydrogens (tertiary/aromatic N) is 2. The Labute approximate surface area is 144 Å². The molecular formula is C18H18N4O3. The van der Waals surface area contributed by atoms with Gasteiger partial charge in [-0.25, -0.2) is 9.97 Å². The van der Waals surface area contributed by atoms with Gasteiger partial charge < -0.3 is 21.3 Å². The zero-order valence-electron chi connectivity index (χ0n) is 14.1. The number of phenols is 1. The first-order valence-electron chi connectivity index (χ1n) is 7.58. The average molecular weight is 338 g/mol. The van der Waals surface area contributed by atoms with Crippen LogP contribution in [0.3, 0.4) is 0 Å². The third kappa shape index (κ3) is 2.59. The molecule has 0 spiro atoms. The monoisotopic (exact) mass is 338 g/mol. The molecular weight excluding hydrogens is 320 g/mol. The third-order valence-electron chi connectivity index (χ3n) is 4.16. The minimum absolute atomic E-state index is 0.113. The van der Waals surface area contributed by atoms with Crippen molar-refractivity contribution in [1.82, 2.24) is 9.97 Å². The lowest BCUT2D eigenvalue weighted by atomic mass is 9.94. The molecule has 0 atom stereocenters. The van der Waals surface area contributed by atoms with Gasteiger partial charge in [-0.3, -0.25) is 4.79 Å². The molecule has 0 bridgehead atoms. The Morgan fingerprint density at radius 2 is 1.96 bits per heavy atom. The van der Waals surface area contributed by atoms with Gasteiger partial charge in [-0.05, 0) is 37.1 Å². The maximum Gasteiger partial charge on any atom is 0.250 e. The summed E-state index contributed by atoms with van der Waals surface area (Å²) in [4.78, 5) is 20.8. The number of nitrogen functional groups attached to an aromatic ring is 1. The fraction of sp³-hybridized carbons (Fsp3) is 0.167. The summed E-state index contributed by atoms with van der Waals surface area (Å²) in [5, 5.41) is 10.1. The molecule has 3 rings (SSSR count). The first-order chi connectivity index (χ1) is 11.8. The number of anilines is 1. The van der Waals surface area contributed by atoms with E-state index in [-0.39, 0.29) is 17.0 Å². The molecule has 25 heavy (non-hydrogen) atoms. The number of aromatic hydroxyl groups is 1. The van der Waals surface area contributed by atoms with Crippen molar-refractivity contribution in [3.05, 3.63) is 41.1 Å². The molecule has 3 aromatic rings. The molecule has 7 heteroatoms. The van der Waals surface area contributed by atoms with Crippen LogP contribution in [0.2, 0.25) is 0 Å². The molecule has 0 aliphatic heterocycles. The van der Waals surface area contributed by atoms with Crippen molar-refractivity contribution in [3.63, 3.8) is 0 Å². The van der Waals surface area contributed by atoms with Gasteiger partial charge in [0.1, 0.15) is 17.0 Å². The maximum atomic E-state index is 11.8. The number of aromatic nitrogens is 2. The molecule has 0 aliphatic carbocycles. The number of methoxy groups -OCH3 is 1. The number of benzene rings is 2. The van der Waals surface area contributed by atoms with E-state index in [1.54, 1.807) is 32.0 Å². The minimum Gasteiger partial charge on any atom is -0.508 e. The Morgan fingerprint density at radius 1 is 1.24 bits per heavy atom. The summed E-state index contributed by atoms with van der Waals surface area (Å²) < 4.78 is 5.26. The van der Waals surface area contributed by atoms with E-state index in [2.05, 4.69) is 9.97 Å². The van der Waals surface area contributed by atoms with Gasteiger partial charge in [-0.15, -0.1) is 0 Å². The van der Waals surface area contributed by atoms with Gasteiger partial charge in [0.05, 0.1) is 23.9 Å². The predicted octanol–water partition coefficient (Wildman–Crippen LogP) is 2.31. The number of carbonyl (C=O) groups is 1. The highest BCUT2D eigenvalue weighted by Gasteiger charge is 2.21. The van der Waals surface area contributed by atoms with Crippen LogP contribution in [-0.4, -0.2) is 28.1 Å². The standard InChI is InChI=1S/C18H18N4O3/c1-8-10(5-4-6-13(8)23)14-15(19)11(17(20)24)7-12-16(14)22-18(25-3)9(2)21-12/h4-7,23H,19H2,1-3H3,(H2,20,24).